The van der Waals surface area contributed by atoms with Crippen LogP contribution in [0.25, 0.3) is 0 Å². The van der Waals surface area contributed by atoms with Crippen LogP contribution < -0.4 is 11.3 Å². The SMILES string of the molecule is C=CCCC(NN)c1cccnc1. The van der Waals surface area contributed by atoms with Crippen LogP contribution in [0.5, 0.6) is 0 Å². The van der Waals surface area contributed by atoms with E-state index >= 15 is 0 Å². The Kier molecular flexibility index (Phi) is 4.15. The first-order chi connectivity index (χ1) is 6.38. The number of rotatable bonds is 5. The summed E-state index contributed by atoms with van der Waals surface area (Å²) in [5.41, 5.74) is 3.88. The topological polar surface area (TPSA) is 50.9 Å². The molecule has 70 valence electrons. The summed E-state index contributed by atoms with van der Waals surface area (Å²) in [6.45, 7) is 3.68. The van der Waals surface area contributed by atoms with Crippen molar-refractivity contribution < 1.29 is 0 Å². The maximum absolute atomic E-state index is 5.43. The Bertz CT molecular complexity index is 246. The maximum Gasteiger partial charge on any atom is 0.0478 e. The van der Waals surface area contributed by atoms with Gasteiger partial charge in [0.2, 0.25) is 0 Å². The van der Waals surface area contributed by atoms with E-state index in [0.29, 0.717) is 0 Å². The Balaban J connectivity index is 2.61. The molecule has 0 spiro atoms. The van der Waals surface area contributed by atoms with Gasteiger partial charge in [0, 0.05) is 18.4 Å². The summed E-state index contributed by atoms with van der Waals surface area (Å²) in [6, 6.07) is 4.10. The highest BCUT2D eigenvalue weighted by atomic mass is 15.2. The molecule has 0 saturated carbocycles. The third-order valence-electron chi connectivity index (χ3n) is 1.95. The third kappa shape index (κ3) is 2.97. The molecule has 1 aromatic rings. The second kappa shape index (κ2) is 5.45. The zero-order chi connectivity index (χ0) is 9.52. The molecule has 1 unspecified atom stereocenters. The molecule has 0 aliphatic carbocycles. The predicted octanol–water partition coefficient (Wildman–Crippen LogP) is 1.55. The molecule has 0 saturated heterocycles. The van der Waals surface area contributed by atoms with Crippen molar-refractivity contribution in [3.63, 3.8) is 0 Å². The molecule has 1 rings (SSSR count). The number of hydrogen-bond donors (Lipinski definition) is 2. The van der Waals surface area contributed by atoms with Crippen molar-refractivity contribution >= 4 is 0 Å². The fourth-order valence-electron chi connectivity index (χ4n) is 1.21. The van der Waals surface area contributed by atoms with Crippen LogP contribution in [0, 0.1) is 0 Å². The molecule has 0 amide bonds. The van der Waals surface area contributed by atoms with Gasteiger partial charge in [-0.25, -0.2) is 0 Å². The summed E-state index contributed by atoms with van der Waals surface area (Å²) in [4.78, 5) is 4.04. The number of nitrogens with zero attached hydrogens (tertiary/aromatic N) is 1. The average Bonchev–Trinajstić information content (AvgIpc) is 2.21. The monoisotopic (exact) mass is 177 g/mol. The van der Waals surface area contributed by atoms with Crippen molar-refractivity contribution in [3.05, 3.63) is 42.7 Å². The first kappa shape index (κ1) is 9.89. The molecule has 13 heavy (non-hydrogen) atoms. The second-order valence-corrected chi connectivity index (χ2v) is 2.87. The van der Waals surface area contributed by atoms with Crippen LogP contribution in [0.4, 0.5) is 0 Å². The van der Waals surface area contributed by atoms with E-state index in [4.69, 9.17) is 5.84 Å². The minimum atomic E-state index is 0.173. The van der Waals surface area contributed by atoms with Crippen molar-refractivity contribution in [2.45, 2.75) is 18.9 Å². The first-order valence-corrected chi connectivity index (χ1v) is 4.35. The van der Waals surface area contributed by atoms with Crippen LogP contribution in [0.15, 0.2) is 37.2 Å². The number of nitrogens with two attached hydrogens (primary N) is 1. The molecular weight excluding hydrogens is 162 g/mol. The predicted molar refractivity (Wildman–Crippen MR) is 53.7 cm³/mol. The summed E-state index contributed by atoms with van der Waals surface area (Å²) < 4.78 is 0. The molecule has 3 N–H and O–H groups in total. The summed E-state index contributed by atoms with van der Waals surface area (Å²) in [6.07, 6.45) is 7.37. The number of hydrazine groups is 1. The van der Waals surface area contributed by atoms with E-state index in [1.54, 1.807) is 6.20 Å². The molecule has 0 aliphatic heterocycles. The zero-order valence-corrected chi connectivity index (χ0v) is 7.61. The van der Waals surface area contributed by atoms with Gasteiger partial charge in [0.1, 0.15) is 0 Å². The lowest BCUT2D eigenvalue weighted by Crippen LogP contribution is -2.27. The van der Waals surface area contributed by atoms with E-state index in [9.17, 15) is 0 Å². The molecule has 1 heterocycles. The van der Waals surface area contributed by atoms with Crippen molar-refractivity contribution in [1.82, 2.24) is 10.4 Å². The average molecular weight is 177 g/mol. The molecule has 1 aromatic heterocycles. The number of allylic oxidation sites excluding steroid dienone is 1. The highest BCUT2D eigenvalue weighted by molar-refractivity contribution is 5.13. The Morgan fingerprint density at radius 2 is 2.54 bits per heavy atom. The fraction of sp³-hybridized carbons (Fsp3) is 0.300. The Morgan fingerprint density at radius 3 is 3.08 bits per heavy atom. The second-order valence-electron chi connectivity index (χ2n) is 2.87. The summed E-state index contributed by atoms with van der Waals surface area (Å²) >= 11 is 0. The van der Waals surface area contributed by atoms with Crippen LogP contribution in [-0.2, 0) is 0 Å². The van der Waals surface area contributed by atoms with E-state index in [1.165, 1.54) is 0 Å². The smallest absolute Gasteiger partial charge is 0.0478 e. The Hall–Kier alpha value is -1.19. The highest BCUT2D eigenvalue weighted by Gasteiger charge is 2.07. The van der Waals surface area contributed by atoms with Gasteiger partial charge >= 0.3 is 0 Å². The standard InChI is InChI=1S/C10H15N3/c1-2-3-6-10(13-11)9-5-4-7-12-8-9/h2,4-5,7-8,10,13H,1,3,6,11H2. The van der Waals surface area contributed by atoms with E-state index in [2.05, 4.69) is 17.0 Å². The Labute approximate surface area is 78.6 Å². The largest absolute Gasteiger partial charge is 0.271 e. The third-order valence-corrected chi connectivity index (χ3v) is 1.95. The van der Waals surface area contributed by atoms with E-state index < -0.39 is 0 Å². The van der Waals surface area contributed by atoms with Crippen molar-refractivity contribution in [2.24, 2.45) is 5.84 Å². The van der Waals surface area contributed by atoms with Crippen LogP contribution in [-0.4, -0.2) is 4.98 Å². The molecule has 0 aliphatic rings. The van der Waals surface area contributed by atoms with Gasteiger partial charge in [-0.3, -0.25) is 16.3 Å². The van der Waals surface area contributed by atoms with Gasteiger partial charge in [0.25, 0.3) is 0 Å². The molecule has 0 fully saturated rings. The molecule has 0 bridgehead atoms. The minimum Gasteiger partial charge on any atom is -0.271 e. The van der Waals surface area contributed by atoms with E-state index in [-0.39, 0.29) is 6.04 Å². The van der Waals surface area contributed by atoms with Crippen molar-refractivity contribution in [3.8, 4) is 0 Å². The Morgan fingerprint density at radius 1 is 1.69 bits per heavy atom. The van der Waals surface area contributed by atoms with Gasteiger partial charge in [-0.1, -0.05) is 12.1 Å². The lowest BCUT2D eigenvalue weighted by Gasteiger charge is -2.14. The normalized spacial score (nSPS) is 12.4. The van der Waals surface area contributed by atoms with Gasteiger partial charge in [-0.15, -0.1) is 6.58 Å². The number of hydrogen-bond acceptors (Lipinski definition) is 3. The summed E-state index contributed by atoms with van der Waals surface area (Å²) in [5, 5.41) is 0. The van der Waals surface area contributed by atoms with Gasteiger partial charge in [-0.05, 0) is 24.5 Å². The molecule has 1 atom stereocenters. The van der Waals surface area contributed by atoms with Gasteiger partial charge in [-0.2, -0.15) is 0 Å². The molecule has 0 aromatic carbocycles. The molecule has 0 radical (unpaired) electrons. The molecule has 3 nitrogen and oxygen atoms in total. The lowest BCUT2D eigenvalue weighted by molar-refractivity contribution is 0.519. The fourth-order valence-corrected chi connectivity index (χ4v) is 1.21. The quantitative estimate of drug-likeness (QED) is 0.407. The van der Waals surface area contributed by atoms with Crippen LogP contribution in [0.1, 0.15) is 24.4 Å². The van der Waals surface area contributed by atoms with Gasteiger partial charge < -0.3 is 0 Å². The van der Waals surface area contributed by atoms with Crippen LogP contribution >= 0.6 is 0 Å². The number of aromatic nitrogens is 1. The van der Waals surface area contributed by atoms with Crippen LogP contribution in [0.2, 0.25) is 0 Å². The number of pyridine rings is 1. The van der Waals surface area contributed by atoms with E-state index in [1.807, 2.05) is 24.4 Å². The zero-order valence-electron chi connectivity index (χ0n) is 7.61. The summed E-state index contributed by atoms with van der Waals surface area (Å²) in [7, 11) is 0. The minimum absolute atomic E-state index is 0.173. The van der Waals surface area contributed by atoms with Gasteiger partial charge in [0.15, 0.2) is 0 Å². The highest BCUT2D eigenvalue weighted by Crippen LogP contribution is 2.15. The molecular formula is C10H15N3. The summed E-state index contributed by atoms with van der Waals surface area (Å²) in [5.74, 6) is 5.43. The van der Waals surface area contributed by atoms with Gasteiger partial charge in [0.05, 0.1) is 0 Å². The van der Waals surface area contributed by atoms with Crippen molar-refractivity contribution in [2.75, 3.05) is 0 Å². The van der Waals surface area contributed by atoms with Crippen LogP contribution in [0.3, 0.4) is 0 Å². The van der Waals surface area contributed by atoms with Crippen molar-refractivity contribution in [1.29, 1.82) is 0 Å². The van der Waals surface area contributed by atoms with E-state index in [0.717, 1.165) is 18.4 Å². The molecule has 3 heteroatoms. The first-order valence-electron chi connectivity index (χ1n) is 4.35. The number of nitrogens with one attached hydrogen (secondary N) is 1. The maximum atomic E-state index is 5.43. The lowest BCUT2D eigenvalue weighted by atomic mass is 10.1.